The molecule has 1 heterocycles. The molecule has 4 aromatic rings. The number of rotatable bonds is 7. The first-order chi connectivity index (χ1) is 16.3. The van der Waals surface area contributed by atoms with Crippen LogP contribution in [0.4, 0.5) is 5.69 Å². The van der Waals surface area contributed by atoms with E-state index in [1.807, 2.05) is 59.2 Å². The van der Waals surface area contributed by atoms with Crippen molar-refractivity contribution in [2.24, 2.45) is 0 Å². The highest BCUT2D eigenvalue weighted by Crippen LogP contribution is 2.30. The summed E-state index contributed by atoms with van der Waals surface area (Å²) in [5, 5.41) is 12.6. The molecule has 0 aliphatic rings. The second kappa shape index (κ2) is 10.3. The molecule has 3 aromatic carbocycles. The molecule has 0 unspecified atom stereocenters. The molecule has 34 heavy (non-hydrogen) atoms. The van der Waals surface area contributed by atoms with E-state index < -0.39 is 0 Å². The van der Waals surface area contributed by atoms with E-state index in [0.29, 0.717) is 5.16 Å². The first-order valence-corrected chi connectivity index (χ1v) is 12.5. The van der Waals surface area contributed by atoms with Crippen LogP contribution in [0.15, 0.2) is 84.0 Å². The van der Waals surface area contributed by atoms with E-state index in [1.54, 1.807) is 0 Å². The Morgan fingerprint density at radius 1 is 0.912 bits per heavy atom. The number of hydrogen-bond acceptors (Lipinski definition) is 4. The Kier molecular flexibility index (Phi) is 7.17. The molecule has 1 N–H and O–H groups in total. The summed E-state index contributed by atoms with van der Waals surface area (Å²) in [6.07, 6.45) is 0.973. The molecule has 0 saturated heterocycles. The van der Waals surface area contributed by atoms with Crippen LogP contribution in [-0.2, 0) is 16.6 Å². The van der Waals surface area contributed by atoms with Gasteiger partial charge in [-0.25, -0.2) is 0 Å². The first kappa shape index (κ1) is 23.8. The Morgan fingerprint density at radius 3 is 2.21 bits per heavy atom. The molecule has 4 rings (SSSR count). The van der Waals surface area contributed by atoms with E-state index in [-0.39, 0.29) is 17.1 Å². The predicted molar refractivity (Wildman–Crippen MR) is 141 cm³/mol. The monoisotopic (exact) mass is 470 g/mol. The lowest BCUT2D eigenvalue weighted by molar-refractivity contribution is -0.113. The molecule has 0 bridgehead atoms. The predicted octanol–water partition coefficient (Wildman–Crippen LogP) is 6.53. The van der Waals surface area contributed by atoms with Gasteiger partial charge in [0.15, 0.2) is 11.0 Å². The molecule has 1 aromatic heterocycles. The molecule has 1 amide bonds. The highest BCUT2D eigenvalue weighted by Gasteiger charge is 2.19. The fourth-order valence-electron chi connectivity index (χ4n) is 3.63. The smallest absolute Gasteiger partial charge is 0.234 e. The number of aryl methyl sites for hydroxylation is 1. The molecular weight excluding hydrogens is 440 g/mol. The van der Waals surface area contributed by atoms with E-state index in [2.05, 4.69) is 67.5 Å². The lowest BCUT2D eigenvalue weighted by atomic mass is 9.87. The van der Waals surface area contributed by atoms with Gasteiger partial charge in [0.25, 0.3) is 0 Å². The lowest BCUT2D eigenvalue weighted by Crippen LogP contribution is -2.14. The molecule has 0 atom stereocenters. The van der Waals surface area contributed by atoms with Gasteiger partial charge < -0.3 is 5.32 Å². The van der Waals surface area contributed by atoms with Crippen molar-refractivity contribution in [1.29, 1.82) is 0 Å². The van der Waals surface area contributed by atoms with Gasteiger partial charge in [-0.15, -0.1) is 10.2 Å². The molecular formula is C28H30N4OS. The van der Waals surface area contributed by atoms with Crippen LogP contribution in [0.5, 0.6) is 0 Å². The van der Waals surface area contributed by atoms with Crippen LogP contribution in [0.2, 0.25) is 0 Å². The highest BCUT2D eigenvalue weighted by atomic mass is 32.2. The van der Waals surface area contributed by atoms with Gasteiger partial charge >= 0.3 is 0 Å². The Balaban J connectivity index is 1.56. The minimum Gasteiger partial charge on any atom is -0.325 e. The number of carbonyl (C=O) groups is 1. The van der Waals surface area contributed by atoms with Crippen LogP contribution in [0.25, 0.3) is 17.1 Å². The summed E-state index contributed by atoms with van der Waals surface area (Å²) in [5.74, 6) is 0.918. The zero-order valence-electron chi connectivity index (χ0n) is 20.1. The van der Waals surface area contributed by atoms with Crippen LogP contribution in [0, 0.1) is 0 Å². The van der Waals surface area contributed by atoms with E-state index in [0.717, 1.165) is 29.2 Å². The first-order valence-electron chi connectivity index (χ1n) is 11.5. The number of aromatic nitrogens is 3. The molecule has 0 aliphatic carbocycles. The minimum absolute atomic E-state index is 0.0760. The average Bonchev–Trinajstić information content (AvgIpc) is 3.27. The SMILES string of the molecule is CCc1ccc(NC(=O)CSc2nnc(-c3ccc(C(C)(C)C)cc3)n2-c2ccccc2)cc1. The van der Waals surface area contributed by atoms with Crippen LogP contribution >= 0.6 is 11.8 Å². The number of hydrogen-bond donors (Lipinski definition) is 1. The third-order valence-corrected chi connectivity index (χ3v) is 6.56. The maximum atomic E-state index is 12.6. The normalized spacial score (nSPS) is 11.4. The van der Waals surface area contributed by atoms with Crippen LogP contribution in [-0.4, -0.2) is 26.4 Å². The summed E-state index contributed by atoms with van der Waals surface area (Å²) in [6.45, 7) is 8.71. The summed E-state index contributed by atoms with van der Waals surface area (Å²) in [6, 6.07) is 26.4. The zero-order chi connectivity index (χ0) is 24.1. The second-order valence-corrected chi connectivity index (χ2v) is 10.1. The van der Waals surface area contributed by atoms with Crippen molar-refractivity contribution in [1.82, 2.24) is 14.8 Å². The maximum absolute atomic E-state index is 12.6. The highest BCUT2D eigenvalue weighted by molar-refractivity contribution is 7.99. The van der Waals surface area contributed by atoms with Gasteiger partial charge in [-0.2, -0.15) is 0 Å². The maximum Gasteiger partial charge on any atom is 0.234 e. The molecule has 6 heteroatoms. The number of para-hydroxylation sites is 1. The van der Waals surface area contributed by atoms with Crippen molar-refractivity contribution < 1.29 is 4.79 Å². The summed E-state index contributed by atoms with van der Waals surface area (Å²) >= 11 is 1.38. The number of amides is 1. The Bertz CT molecular complexity index is 1240. The average molecular weight is 471 g/mol. The number of thioether (sulfide) groups is 1. The quantitative estimate of drug-likeness (QED) is 0.312. The van der Waals surface area contributed by atoms with E-state index in [9.17, 15) is 4.79 Å². The molecule has 0 saturated carbocycles. The van der Waals surface area contributed by atoms with Gasteiger partial charge in [-0.3, -0.25) is 9.36 Å². The van der Waals surface area contributed by atoms with Crippen molar-refractivity contribution >= 4 is 23.4 Å². The van der Waals surface area contributed by atoms with Gasteiger partial charge in [0.05, 0.1) is 5.75 Å². The van der Waals surface area contributed by atoms with Crippen LogP contribution in [0.3, 0.4) is 0 Å². The number of nitrogens with zero attached hydrogens (tertiary/aromatic N) is 3. The molecule has 174 valence electrons. The van der Waals surface area contributed by atoms with Gasteiger partial charge in [0.1, 0.15) is 0 Å². The number of benzene rings is 3. The largest absolute Gasteiger partial charge is 0.325 e. The fourth-order valence-corrected chi connectivity index (χ4v) is 4.38. The zero-order valence-corrected chi connectivity index (χ0v) is 20.9. The van der Waals surface area contributed by atoms with E-state index >= 15 is 0 Å². The molecule has 0 radical (unpaired) electrons. The van der Waals surface area contributed by atoms with Crippen molar-refractivity contribution in [3.8, 4) is 17.1 Å². The lowest BCUT2D eigenvalue weighted by Gasteiger charge is -2.19. The van der Waals surface area contributed by atoms with Crippen molar-refractivity contribution in [3.05, 3.63) is 90.0 Å². The summed E-state index contributed by atoms with van der Waals surface area (Å²) in [5.41, 5.74) is 5.33. The standard InChI is InChI=1S/C28H30N4OS/c1-5-20-11-17-23(18-12-20)29-25(33)19-34-27-31-30-26(32(27)24-9-7-6-8-10-24)21-13-15-22(16-14-21)28(2,3)4/h6-18H,5,19H2,1-4H3,(H,29,33). The van der Waals surface area contributed by atoms with Crippen molar-refractivity contribution in [2.45, 2.75) is 44.7 Å². The number of carbonyl (C=O) groups excluding carboxylic acids is 1. The van der Waals surface area contributed by atoms with E-state index in [4.69, 9.17) is 0 Å². The van der Waals surface area contributed by atoms with Gasteiger partial charge in [-0.1, -0.05) is 94.1 Å². The topological polar surface area (TPSA) is 59.8 Å². The Labute approximate surface area is 205 Å². The van der Waals surface area contributed by atoms with Gasteiger partial charge in [0, 0.05) is 16.9 Å². The van der Waals surface area contributed by atoms with Crippen molar-refractivity contribution in [2.75, 3.05) is 11.1 Å². The van der Waals surface area contributed by atoms with Crippen LogP contribution in [0.1, 0.15) is 38.8 Å². The molecule has 5 nitrogen and oxygen atoms in total. The van der Waals surface area contributed by atoms with E-state index in [1.165, 1.54) is 22.9 Å². The van der Waals surface area contributed by atoms with Gasteiger partial charge in [0.2, 0.25) is 5.91 Å². The number of nitrogens with one attached hydrogen (secondary N) is 1. The van der Waals surface area contributed by atoms with Gasteiger partial charge in [-0.05, 0) is 47.2 Å². The molecule has 0 aliphatic heterocycles. The van der Waals surface area contributed by atoms with Crippen molar-refractivity contribution in [3.63, 3.8) is 0 Å². The number of anilines is 1. The summed E-state index contributed by atoms with van der Waals surface area (Å²) in [7, 11) is 0. The minimum atomic E-state index is -0.0760. The molecule has 0 spiro atoms. The summed E-state index contributed by atoms with van der Waals surface area (Å²) in [4.78, 5) is 12.6. The third kappa shape index (κ3) is 5.57. The summed E-state index contributed by atoms with van der Waals surface area (Å²) < 4.78 is 2.01. The fraction of sp³-hybridized carbons (Fsp3) is 0.250. The Morgan fingerprint density at radius 2 is 1.59 bits per heavy atom. The Hall–Kier alpha value is -3.38. The molecule has 0 fully saturated rings. The third-order valence-electron chi connectivity index (χ3n) is 5.64. The van der Waals surface area contributed by atoms with Crippen LogP contribution < -0.4 is 5.32 Å². The second-order valence-electron chi connectivity index (χ2n) is 9.19.